The van der Waals surface area contributed by atoms with Crippen LogP contribution in [0.5, 0.6) is 0 Å². The molecule has 0 radical (unpaired) electrons. The maximum absolute atomic E-state index is 14.6. The number of hydrogen-bond acceptors (Lipinski definition) is 5. The number of allylic oxidation sites excluding steroid dienone is 2. The maximum atomic E-state index is 14.6. The lowest BCUT2D eigenvalue weighted by Crippen LogP contribution is -2.55. The van der Waals surface area contributed by atoms with E-state index in [1.54, 1.807) is 30.5 Å². The van der Waals surface area contributed by atoms with Gasteiger partial charge in [0.15, 0.2) is 0 Å². The molecule has 4 bridgehead atoms. The van der Waals surface area contributed by atoms with Gasteiger partial charge in [-0.15, -0.1) is 0 Å². The highest BCUT2D eigenvalue weighted by atomic mass is 35.5. The van der Waals surface area contributed by atoms with E-state index in [-0.39, 0.29) is 53.2 Å². The second-order valence-corrected chi connectivity index (χ2v) is 13.8. The van der Waals surface area contributed by atoms with Crippen LogP contribution in [0.2, 0.25) is 5.02 Å². The Balaban J connectivity index is 1.16. The molecule has 12 rings (SSSR count). The van der Waals surface area contributed by atoms with Crippen LogP contribution in [-0.4, -0.2) is 34.9 Å². The number of anilines is 1. The largest absolute Gasteiger partial charge is 0.274 e. The monoisotopic (exact) mass is 599 g/mol. The molecule has 3 aromatic carbocycles. The van der Waals surface area contributed by atoms with Gasteiger partial charge in [-0.25, -0.2) is 4.90 Å². The van der Waals surface area contributed by atoms with Gasteiger partial charge in [-0.1, -0.05) is 84.4 Å². The first kappa shape index (κ1) is 25.0. The minimum Gasteiger partial charge on any atom is -0.274 e. The first-order valence-corrected chi connectivity index (χ1v) is 15.7. The fourth-order valence-corrected chi connectivity index (χ4v) is 10.3. The van der Waals surface area contributed by atoms with Crippen molar-refractivity contribution in [3.05, 3.63) is 112 Å². The Kier molecular flexibility index (Phi) is 4.67. The van der Waals surface area contributed by atoms with Crippen LogP contribution < -0.4 is 4.90 Å². The summed E-state index contributed by atoms with van der Waals surface area (Å²) >= 11 is 6.56. The lowest BCUT2D eigenvalue weighted by molar-refractivity contribution is -0.140. The fraction of sp³-hybridized carbons (Fsp3) is 0.306. The van der Waals surface area contributed by atoms with Crippen molar-refractivity contribution in [2.75, 3.05) is 4.90 Å². The normalized spacial score (nSPS) is 38.2. The Morgan fingerprint density at radius 2 is 1.27 bits per heavy atom. The molecule has 8 heteroatoms. The molecular weight excluding hydrogens is 574 g/mol. The minimum absolute atomic E-state index is 0.0824. The minimum atomic E-state index is -1.18. The molecule has 0 spiro atoms. The van der Waals surface area contributed by atoms with Crippen LogP contribution in [0.3, 0.4) is 0 Å². The zero-order valence-electron chi connectivity index (χ0n) is 23.4. The molecule has 2 saturated heterocycles. The number of amides is 4. The summed E-state index contributed by atoms with van der Waals surface area (Å²) in [6, 6.07) is 22.6. The number of para-hydroxylation sites is 1. The third kappa shape index (κ3) is 2.75. The summed E-state index contributed by atoms with van der Waals surface area (Å²) in [6.07, 6.45) is 7.01. The lowest BCUT2D eigenvalue weighted by atomic mass is 9.47. The van der Waals surface area contributed by atoms with Crippen molar-refractivity contribution in [1.29, 1.82) is 0 Å². The standard InChI is InChI=1S/C36H26ClN3O4/c37-25-11-5-6-12-26(25)39-32(41)30-27-19-7-1-3-9-23(19)36(31(30)35(39)44,24-10-4-2-8-20(24)27)16-38-40-33(42)28-17-13-14-18(22-15-21(17)22)29(28)34(40)43/h1-14,16-18,21-22,27-31H,15H2/t17-,18-,21-,22+,27?,28-,29+,30+,31+,36?/m0/s1. The molecule has 216 valence electrons. The number of halogens is 1. The molecule has 2 heterocycles. The van der Waals surface area contributed by atoms with E-state index >= 15 is 0 Å². The number of hydrazone groups is 1. The van der Waals surface area contributed by atoms with Crippen LogP contribution in [0.4, 0.5) is 5.69 Å². The van der Waals surface area contributed by atoms with Crippen LogP contribution in [0, 0.1) is 47.3 Å². The quantitative estimate of drug-likeness (QED) is 0.243. The Hall–Kier alpha value is -4.36. The number of hydrogen-bond donors (Lipinski definition) is 0. The zero-order chi connectivity index (χ0) is 29.6. The zero-order valence-corrected chi connectivity index (χ0v) is 24.2. The summed E-state index contributed by atoms with van der Waals surface area (Å²) in [6.45, 7) is 0. The molecule has 0 N–H and O–H groups in total. The Labute approximate surface area is 258 Å². The van der Waals surface area contributed by atoms with Gasteiger partial charge < -0.3 is 0 Å². The molecule has 7 aliphatic carbocycles. The molecule has 3 aromatic rings. The average Bonchev–Trinajstić information content (AvgIpc) is 3.78. The van der Waals surface area contributed by atoms with Crippen molar-refractivity contribution in [2.45, 2.75) is 17.8 Å². The highest BCUT2D eigenvalue weighted by molar-refractivity contribution is 6.36. The van der Waals surface area contributed by atoms with Crippen molar-refractivity contribution in [1.82, 2.24) is 5.01 Å². The number of rotatable bonds is 3. The summed E-state index contributed by atoms with van der Waals surface area (Å²) < 4.78 is 0. The molecule has 7 nitrogen and oxygen atoms in total. The molecule has 4 amide bonds. The third-order valence-electron chi connectivity index (χ3n) is 11.8. The smallest absolute Gasteiger partial charge is 0.254 e. The molecule has 4 fully saturated rings. The predicted octanol–water partition coefficient (Wildman–Crippen LogP) is 4.93. The van der Waals surface area contributed by atoms with E-state index in [0.717, 1.165) is 33.7 Å². The van der Waals surface area contributed by atoms with Crippen molar-refractivity contribution in [3.63, 3.8) is 0 Å². The van der Waals surface area contributed by atoms with Crippen LogP contribution in [0.25, 0.3) is 0 Å². The molecule has 2 saturated carbocycles. The van der Waals surface area contributed by atoms with Gasteiger partial charge in [0.05, 0.1) is 39.8 Å². The maximum Gasteiger partial charge on any atom is 0.254 e. The highest BCUT2D eigenvalue weighted by Crippen LogP contribution is 2.66. The van der Waals surface area contributed by atoms with Crippen molar-refractivity contribution in [2.24, 2.45) is 52.4 Å². The van der Waals surface area contributed by atoms with Gasteiger partial charge in [-0.05, 0) is 64.5 Å². The van der Waals surface area contributed by atoms with Gasteiger partial charge in [0, 0.05) is 12.1 Å². The Morgan fingerprint density at radius 1 is 0.705 bits per heavy atom. The van der Waals surface area contributed by atoms with Crippen LogP contribution >= 0.6 is 11.6 Å². The molecule has 44 heavy (non-hydrogen) atoms. The summed E-state index contributed by atoms with van der Waals surface area (Å²) in [5.41, 5.74) is 2.83. The summed E-state index contributed by atoms with van der Waals surface area (Å²) in [7, 11) is 0. The highest BCUT2D eigenvalue weighted by Gasteiger charge is 2.70. The van der Waals surface area contributed by atoms with E-state index in [0.29, 0.717) is 22.5 Å². The average molecular weight is 600 g/mol. The molecule has 0 unspecified atom stereocenters. The molecular formula is C36H26ClN3O4. The first-order chi connectivity index (χ1) is 21.4. The van der Waals surface area contributed by atoms with Crippen LogP contribution in [-0.2, 0) is 24.6 Å². The SMILES string of the molecule is O=C1[C@@H]2[C@H]3C=C[C@@H]([C@@H]4C[C@H]34)[C@@H]2C(=O)N1N=CC12c3ccccc3C(c3ccccc31)[C@H]1C(=O)N(c3ccccc3Cl)C(=O)[C@@H]12. The number of nitrogens with zero attached hydrogens (tertiary/aromatic N) is 3. The number of carbonyl (C=O) groups excluding carboxylic acids is 4. The topological polar surface area (TPSA) is 87.1 Å². The van der Waals surface area contributed by atoms with Gasteiger partial charge in [0.1, 0.15) is 0 Å². The molecule has 2 aliphatic heterocycles. The van der Waals surface area contributed by atoms with Gasteiger partial charge in [-0.2, -0.15) is 10.1 Å². The van der Waals surface area contributed by atoms with Crippen molar-refractivity contribution >= 4 is 47.1 Å². The Morgan fingerprint density at radius 3 is 1.89 bits per heavy atom. The van der Waals surface area contributed by atoms with E-state index in [1.165, 1.54) is 4.90 Å². The van der Waals surface area contributed by atoms with Gasteiger partial charge >= 0.3 is 0 Å². The van der Waals surface area contributed by atoms with E-state index in [1.807, 2.05) is 48.5 Å². The summed E-state index contributed by atoms with van der Waals surface area (Å²) in [4.78, 5) is 58.0. The molecule has 0 aromatic heterocycles. The second kappa shape index (κ2) is 8.21. The molecule has 8 atom stereocenters. The molecule has 9 aliphatic rings. The van der Waals surface area contributed by atoms with Crippen molar-refractivity contribution in [3.8, 4) is 0 Å². The van der Waals surface area contributed by atoms with E-state index in [9.17, 15) is 19.2 Å². The van der Waals surface area contributed by atoms with Gasteiger partial charge in [0.25, 0.3) is 11.8 Å². The number of carbonyl (C=O) groups is 4. The van der Waals surface area contributed by atoms with Crippen LogP contribution in [0.15, 0.2) is 90.0 Å². The van der Waals surface area contributed by atoms with E-state index in [4.69, 9.17) is 16.7 Å². The van der Waals surface area contributed by atoms with E-state index < -0.39 is 17.3 Å². The predicted molar refractivity (Wildman–Crippen MR) is 161 cm³/mol. The lowest BCUT2D eigenvalue weighted by Gasteiger charge is -2.52. The van der Waals surface area contributed by atoms with Gasteiger partial charge in [-0.3, -0.25) is 19.2 Å². The Bertz CT molecular complexity index is 1870. The third-order valence-corrected chi connectivity index (χ3v) is 12.1. The second-order valence-electron chi connectivity index (χ2n) is 13.4. The summed E-state index contributed by atoms with van der Waals surface area (Å²) in [5, 5.41) is 6.14. The van der Waals surface area contributed by atoms with Crippen LogP contribution in [0.1, 0.15) is 34.6 Å². The number of benzene rings is 3. The fourth-order valence-electron chi connectivity index (χ4n) is 10.1. The number of imide groups is 2. The summed E-state index contributed by atoms with van der Waals surface area (Å²) in [5.74, 6) is -2.67. The van der Waals surface area contributed by atoms with Gasteiger partial charge in [0.2, 0.25) is 11.8 Å². The van der Waals surface area contributed by atoms with Crippen molar-refractivity contribution < 1.29 is 19.2 Å². The first-order valence-electron chi connectivity index (χ1n) is 15.4. The van der Waals surface area contributed by atoms with E-state index in [2.05, 4.69) is 12.2 Å².